The van der Waals surface area contributed by atoms with Crippen molar-refractivity contribution < 1.29 is 9.90 Å². The van der Waals surface area contributed by atoms with Crippen molar-refractivity contribution in [1.29, 1.82) is 0 Å². The molecule has 0 saturated carbocycles. The Morgan fingerprint density at radius 1 is 1.06 bits per heavy atom. The first kappa shape index (κ1) is 10.2. The Morgan fingerprint density at radius 2 is 1.88 bits per heavy atom. The van der Waals surface area contributed by atoms with Gasteiger partial charge in [0, 0.05) is 9.79 Å². The van der Waals surface area contributed by atoms with E-state index in [9.17, 15) is 9.90 Å². The van der Waals surface area contributed by atoms with Gasteiger partial charge in [0.15, 0.2) is 0 Å². The highest BCUT2D eigenvalue weighted by Crippen LogP contribution is 2.39. The van der Waals surface area contributed by atoms with Crippen molar-refractivity contribution in [3.05, 3.63) is 48.0 Å². The van der Waals surface area contributed by atoms with Crippen molar-refractivity contribution in [3.8, 4) is 5.75 Å². The predicted octanol–water partition coefficient (Wildman–Crippen LogP) is 3.11. The maximum atomic E-state index is 12.0. The molecular weight excluding hydrogens is 234 g/mol. The number of anilines is 1. The molecule has 84 valence electrons. The molecule has 0 aromatic heterocycles. The third kappa shape index (κ3) is 1.76. The second kappa shape index (κ2) is 3.82. The standard InChI is InChI=1S/C13H9NO2S/c15-8-5-6-11-9(7-8)13(16)14-10-3-1-2-4-12(10)17-11/h1-7,15H,(H,14,16). The highest BCUT2D eigenvalue weighted by atomic mass is 32.2. The fraction of sp³-hybridized carbons (Fsp3) is 0. The number of para-hydroxylation sites is 1. The molecule has 0 saturated heterocycles. The van der Waals surface area contributed by atoms with Crippen LogP contribution in [0.5, 0.6) is 5.75 Å². The molecule has 1 aliphatic rings. The Bertz CT molecular complexity index is 610. The molecule has 0 radical (unpaired) electrons. The van der Waals surface area contributed by atoms with Crippen molar-refractivity contribution in [2.75, 3.05) is 5.32 Å². The van der Waals surface area contributed by atoms with E-state index in [1.165, 1.54) is 17.8 Å². The summed E-state index contributed by atoms with van der Waals surface area (Å²) in [6.45, 7) is 0. The minimum Gasteiger partial charge on any atom is -0.508 e. The van der Waals surface area contributed by atoms with Crippen LogP contribution in [-0.4, -0.2) is 11.0 Å². The van der Waals surface area contributed by atoms with Crippen LogP contribution in [-0.2, 0) is 0 Å². The summed E-state index contributed by atoms with van der Waals surface area (Å²) in [4.78, 5) is 13.8. The van der Waals surface area contributed by atoms with Gasteiger partial charge in [0.05, 0.1) is 11.3 Å². The molecule has 0 bridgehead atoms. The van der Waals surface area contributed by atoms with Crippen LogP contribution in [0.4, 0.5) is 5.69 Å². The van der Waals surface area contributed by atoms with Gasteiger partial charge in [-0.1, -0.05) is 23.9 Å². The van der Waals surface area contributed by atoms with Gasteiger partial charge in [-0.15, -0.1) is 0 Å². The number of carbonyl (C=O) groups is 1. The first-order chi connectivity index (χ1) is 8.24. The van der Waals surface area contributed by atoms with Gasteiger partial charge < -0.3 is 10.4 Å². The normalized spacial score (nSPS) is 13.3. The van der Waals surface area contributed by atoms with Crippen LogP contribution in [0.1, 0.15) is 10.4 Å². The molecule has 4 heteroatoms. The zero-order valence-electron chi connectivity index (χ0n) is 8.81. The van der Waals surface area contributed by atoms with Crippen molar-refractivity contribution in [2.24, 2.45) is 0 Å². The number of amides is 1. The summed E-state index contributed by atoms with van der Waals surface area (Å²) in [5.41, 5.74) is 1.31. The summed E-state index contributed by atoms with van der Waals surface area (Å²) < 4.78 is 0. The SMILES string of the molecule is O=C1Nc2ccccc2Sc2ccc(O)cc21. The fourth-order valence-electron chi connectivity index (χ4n) is 1.75. The van der Waals surface area contributed by atoms with Crippen LogP contribution in [0.15, 0.2) is 52.3 Å². The molecule has 1 amide bonds. The van der Waals surface area contributed by atoms with E-state index in [-0.39, 0.29) is 11.7 Å². The summed E-state index contributed by atoms with van der Waals surface area (Å²) in [5, 5.41) is 12.3. The summed E-state index contributed by atoms with van der Waals surface area (Å²) in [6, 6.07) is 12.5. The monoisotopic (exact) mass is 243 g/mol. The molecular formula is C13H9NO2S. The van der Waals surface area contributed by atoms with E-state index in [1.807, 2.05) is 24.3 Å². The fourth-order valence-corrected chi connectivity index (χ4v) is 2.76. The third-order valence-electron chi connectivity index (χ3n) is 2.56. The molecule has 0 aliphatic carbocycles. The average Bonchev–Trinajstić information content (AvgIpc) is 2.46. The lowest BCUT2D eigenvalue weighted by Crippen LogP contribution is -2.11. The molecule has 0 spiro atoms. The number of phenolic OH excluding ortho intramolecular Hbond substituents is 1. The van der Waals surface area contributed by atoms with Gasteiger partial charge in [0.2, 0.25) is 0 Å². The smallest absolute Gasteiger partial charge is 0.256 e. The molecule has 2 aromatic rings. The van der Waals surface area contributed by atoms with Crippen LogP contribution < -0.4 is 5.32 Å². The zero-order valence-corrected chi connectivity index (χ0v) is 9.62. The van der Waals surface area contributed by atoms with Gasteiger partial charge in [-0.2, -0.15) is 0 Å². The quantitative estimate of drug-likeness (QED) is 0.747. The number of nitrogens with one attached hydrogen (secondary N) is 1. The lowest BCUT2D eigenvalue weighted by Gasteiger charge is -2.03. The van der Waals surface area contributed by atoms with E-state index in [1.54, 1.807) is 12.1 Å². The Balaban J connectivity index is 2.17. The third-order valence-corrected chi connectivity index (χ3v) is 3.71. The van der Waals surface area contributed by atoms with Crippen LogP contribution in [0.2, 0.25) is 0 Å². The van der Waals surface area contributed by atoms with Crippen molar-refractivity contribution in [3.63, 3.8) is 0 Å². The van der Waals surface area contributed by atoms with Gasteiger partial charge in [-0.25, -0.2) is 0 Å². The topological polar surface area (TPSA) is 49.3 Å². The van der Waals surface area contributed by atoms with Crippen LogP contribution >= 0.6 is 11.8 Å². The molecule has 17 heavy (non-hydrogen) atoms. The number of carbonyl (C=O) groups excluding carboxylic acids is 1. The van der Waals surface area contributed by atoms with E-state index in [2.05, 4.69) is 5.32 Å². The second-order valence-corrected chi connectivity index (χ2v) is 4.82. The Morgan fingerprint density at radius 3 is 2.76 bits per heavy atom. The van der Waals surface area contributed by atoms with Crippen molar-refractivity contribution >= 4 is 23.4 Å². The van der Waals surface area contributed by atoms with Crippen LogP contribution in [0, 0.1) is 0 Å². The number of fused-ring (bicyclic) bond motifs is 2. The van der Waals surface area contributed by atoms with Gasteiger partial charge in [-0.3, -0.25) is 4.79 Å². The molecule has 1 aliphatic heterocycles. The lowest BCUT2D eigenvalue weighted by molar-refractivity contribution is 0.102. The maximum absolute atomic E-state index is 12.0. The lowest BCUT2D eigenvalue weighted by atomic mass is 10.2. The van der Waals surface area contributed by atoms with Crippen LogP contribution in [0.3, 0.4) is 0 Å². The minimum atomic E-state index is -0.187. The summed E-state index contributed by atoms with van der Waals surface area (Å²) in [6.07, 6.45) is 0. The number of hydrogen-bond donors (Lipinski definition) is 2. The van der Waals surface area contributed by atoms with Crippen molar-refractivity contribution in [1.82, 2.24) is 0 Å². The minimum absolute atomic E-state index is 0.102. The number of hydrogen-bond acceptors (Lipinski definition) is 3. The van der Waals surface area contributed by atoms with Crippen LogP contribution in [0.25, 0.3) is 0 Å². The van der Waals surface area contributed by atoms with Gasteiger partial charge in [-0.05, 0) is 30.3 Å². The molecule has 3 nitrogen and oxygen atoms in total. The zero-order chi connectivity index (χ0) is 11.8. The molecule has 0 atom stereocenters. The highest BCUT2D eigenvalue weighted by Gasteiger charge is 2.19. The van der Waals surface area contributed by atoms with E-state index in [4.69, 9.17) is 0 Å². The Labute approximate surface area is 102 Å². The van der Waals surface area contributed by atoms with E-state index in [0.717, 1.165) is 15.5 Å². The van der Waals surface area contributed by atoms with E-state index >= 15 is 0 Å². The second-order valence-electron chi connectivity index (χ2n) is 3.73. The van der Waals surface area contributed by atoms with Gasteiger partial charge >= 0.3 is 0 Å². The number of aromatic hydroxyl groups is 1. The Kier molecular flexibility index (Phi) is 2.30. The van der Waals surface area contributed by atoms with E-state index in [0.29, 0.717) is 5.56 Å². The first-order valence-corrected chi connectivity index (χ1v) is 5.97. The van der Waals surface area contributed by atoms with Crippen molar-refractivity contribution in [2.45, 2.75) is 9.79 Å². The summed E-state index contributed by atoms with van der Waals surface area (Å²) in [7, 11) is 0. The molecule has 1 heterocycles. The highest BCUT2D eigenvalue weighted by molar-refractivity contribution is 7.99. The van der Waals surface area contributed by atoms with Gasteiger partial charge in [0.1, 0.15) is 5.75 Å². The predicted molar refractivity (Wildman–Crippen MR) is 66.6 cm³/mol. The molecule has 0 unspecified atom stereocenters. The maximum Gasteiger partial charge on any atom is 0.256 e. The molecule has 3 rings (SSSR count). The largest absolute Gasteiger partial charge is 0.508 e. The first-order valence-electron chi connectivity index (χ1n) is 5.15. The number of benzene rings is 2. The number of phenols is 1. The molecule has 2 aromatic carbocycles. The summed E-state index contributed by atoms with van der Waals surface area (Å²) in [5.74, 6) is -0.0844. The number of rotatable bonds is 0. The Hall–Kier alpha value is -1.94. The molecule has 0 fully saturated rings. The average molecular weight is 243 g/mol. The van der Waals surface area contributed by atoms with Gasteiger partial charge in [0.25, 0.3) is 5.91 Å². The van der Waals surface area contributed by atoms with E-state index < -0.39 is 0 Å². The molecule has 2 N–H and O–H groups in total. The summed E-state index contributed by atoms with van der Waals surface area (Å²) >= 11 is 1.52.